The molecule has 0 aliphatic carbocycles. The normalized spacial score (nSPS) is 21.6. The summed E-state index contributed by atoms with van der Waals surface area (Å²) in [6.45, 7) is 2.27. The third-order valence-electron chi connectivity index (χ3n) is 7.12. The molecule has 0 saturated carbocycles. The number of carbonyl (C=O) groups is 1. The van der Waals surface area contributed by atoms with Crippen LogP contribution in [-0.2, 0) is 20.9 Å². The third kappa shape index (κ3) is 7.04. The first-order valence-corrected chi connectivity index (χ1v) is 14.5. The molecule has 2 fully saturated rings. The van der Waals surface area contributed by atoms with Crippen LogP contribution in [0.15, 0.2) is 53.4 Å². The van der Waals surface area contributed by atoms with Crippen molar-refractivity contribution in [2.45, 2.75) is 42.4 Å². The van der Waals surface area contributed by atoms with E-state index in [0.717, 1.165) is 12.1 Å². The van der Waals surface area contributed by atoms with E-state index in [-0.39, 0.29) is 23.7 Å². The molecule has 2 aromatic carbocycles. The highest BCUT2D eigenvalue weighted by molar-refractivity contribution is 7.89. The van der Waals surface area contributed by atoms with Crippen molar-refractivity contribution in [3.63, 3.8) is 0 Å². The Morgan fingerprint density at radius 2 is 1.74 bits per heavy atom. The van der Waals surface area contributed by atoms with E-state index >= 15 is 0 Å². The molecule has 4 rings (SSSR count). The van der Waals surface area contributed by atoms with Crippen molar-refractivity contribution >= 4 is 27.7 Å². The quantitative estimate of drug-likeness (QED) is 0.515. The van der Waals surface area contributed by atoms with E-state index in [9.17, 15) is 26.4 Å². The molecule has 0 unspecified atom stereocenters. The highest BCUT2D eigenvalue weighted by Crippen LogP contribution is 2.41. The lowest BCUT2D eigenvalue weighted by atomic mass is 9.92. The number of benzene rings is 2. The van der Waals surface area contributed by atoms with Gasteiger partial charge in [-0.15, -0.1) is 0 Å². The van der Waals surface area contributed by atoms with Gasteiger partial charge < -0.3 is 14.7 Å². The van der Waals surface area contributed by atoms with E-state index in [1.54, 1.807) is 0 Å². The molecular weight excluding hydrogens is 559 g/mol. The predicted molar refractivity (Wildman–Crippen MR) is 139 cm³/mol. The minimum absolute atomic E-state index is 0.0249. The molecule has 2 aliphatic rings. The summed E-state index contributed by atoms with van der Waals surface area (Å²) >= 11 is 5.95. The molecule has 8 nitrogen and oxygen atoms in total. The van der Waals surface area contributed by atoms with Crippen molar-refractivity contribution < 1.29 is 36.2 Å². The average molecular weight is 590 g/mol. The van der Waals surface area contributed by atoms with Gasteiger partial charge in [0, 0.05) is 37.7 Å². The topological polar surface area (TPSA) is 90.4 Å². The molecule has 2 heterocycles. The van der Waals surface area contributed by atoms with Gasteiger partial charge in [0.2, 0.25) is 10.0 Å². The Morgan fingerprint density at radius 1 is 1.05 bits per heavy atom. The SMILES string of the molecule is O=C(OC[C@H]1CCC[C@@H](c2cccc(C(F)(F)F)c2)N1S(=O)(=O)c1ccc(Cl)cc1)N1CCN(CCO)CC1. The summed E-state index contributed by atoms with van der Waals surface area (Å²) < 4.78 is 75.0. The number of aliphatic hydroxyl groups excluding tert-OH is 1. The van der Waals surface area contributed by atoms with Gasteiger partial charge in [-0.25, -0.2) is 13.2 Å². The molecule has 0 aromatic heterocycles. The molecule has 13 heteroatoms. The Bertz CT molecular complexity index is 1240. The Morgan fingerprint density at radius 3 is 2.38 bits per heavy atom. The van der Waals surface area contributed by atoms with E-state index in [2.05, 4.69) is 0 Å². The van der Waals surface area contributed by atoms with Gasteiger partial charge in [-0.2, -0.15) is 17.5 Å². The van der Waals surface area contributed by atoms with E-state index in [0.29, 0.717) is 57.0 Å². The molecule has 214 valence electrons. The summed E-state index contributed by atoms with van der Waals surface area (Å²) in [5.74, 6) is 0. The van der Waals surface area contributed by atoms with Crippen molar-refractivity contribution in [1.29, 1.82) is 0 Å². The minimum Gasteiger partial charge on any atom is -0.448 e. The zero-order chi connectivity index (χ0) is 28.2. The van der Waals surface area contributed by atoms with E-state index in [1.165, 1.54) is 45.6 Å². The highest BCUT2D eigenvalue weighted by Gasteiger charge is 2.42. The highest BCUT2D eigenvalue weighted by atomic mass is 35.5. The number of ether oxygens (including phenoxy) is 1. The molecule has 2 atom stereocenters. The van der Waals surface area contributed by atoms with Crippen LogP contribution in [0.25, 0.3) is 0 Å². The molecule has 1 amide bonds. The Labute approximate surface area is 230 Å². The molecule has 0 bridgehead atoms. The fraction of sp³-hybridized carbons (Fsp3) is 0.500. The number of rotatable bonds is 7. The van der Waals surface area contributed by atoms with Crippen LogP contribution in [0.2, 0.25) is 5.02 Å². The van der Waals surface area contributed by atoms with Crippen molar-refractivity contribution in [1.82, 2.24) is 14.1 Å². The maximum Gasteiger partial charge on any atom is 0.416 e. The lowest BCUT2D eigenvalue weighted by molar-refractivity contribution is -0.137. The Hall–Kier alpha value is -2.38. The molecule has 2 aromatic rings. The number of halogens is 4. The fourth-order valence-corrected chi connectivity index (χ4v) is 7.07. The number of hydrogen-bond donors (Lipinski definition) is 1. The number of alkyl halides is 3. The molecular formula is C26H31ClF3N3O5S. The Kier molecular flexibility index (Phi) is 9.43. The predicted octanol–water partition coefficient (Wildman–Crippen LogP) is 4.39. The van der Waals surface area contributed by atoms with Crippen molar-refractivity contribution in [3.05, 3.63) is 64.7 Å². The van der Waals surface area contributed by atoms with Crippen LogP contribution >= 0.6 is 11.6 Å². The van der Waals surface area contributed by atoms with Crippen LogP contribution in [-0.4, -0.2) is 85.7 Å². The van der Waals surface area contributed by atoms with Gasteiger partial charge in [0.05, 0.1) is 29.1 Å². The van der Waals surface area contributed by atoms with Crippen LogP contribution in [0.1, 0.15) is 36.4 Å². The number of hydrogen-bond acceptors (Lipinski definition) is 6. The zero-order valence-corrected chi connectivity index (χ0v) is 22.8. The maximum absolute atomic E-state index is 13.9. The second-order valence-electron chi connectivity index (χ2n) is 9.64. The minimum atomic E-state index is -4.58. The number of amides is 1. The third-order valence-corrected chi connectivity index (χ3v) is 9.34. The number of piperazine rings is 1. The van der Waals surface area contributed by atoms with Crippen LogP contribution in [0.3, 0.4) is 0 Å². The molecule has 0 radical (unpaired) electrons. The summed E-state index contributed by atoms with van der Waals surface area (Å²) in [6, 6.07) is 8.60. The van der Waals surface area contributed by atoms with Crippen LogP contribution < -0.4 is 0 Å². The first-order valence-electron chi connectivity index (χ1n) is 12.7. The van der Waals surface area contributed by atoms with Crippen LogP contribution in [0.4, 0.5) is 18.0 Å². The van der Waals surface area contributed by atoms with Gasteiger partial charge in [-0.05, 0) is 61.2 Å². The summed E-state index contributed by atoms with van der Waals surface area (Å²) in [7, 11) is -4.20. The van der Waals surface area contributed by atoms with Gasteiger partial charge in [0.1, 0.15) is 6.61 Å². The summed E-state index contributed by atoms with van der Waals surface area (Å²) in [4.78, 5) is 16.3. The molecule has 2 saturated heterocycles. The van der Waals surface area contributed by atoms with Gasteiger partial charge in [-0.1, -0.05) is 23.7 Å². The van der Waals surface area contributed by atoms with Crippen molar-refractivity contribution in [3.8, 4) is 0 Å². The second-order valence-corrected chi connectivity index (χ2v) is 11.9. The number of β-amino-alcohol motifs (C(OH)–C–C–N with tert-alkyl or cyclic N) is 1. The molecule has 2 aliphatic heterocycles. The molecule has 39 heavy (non-hydrogen) atoms. The standard InChI is InChI=1S/C26H31ClF3N3O5S/c27-21-7-9-23(10-8-21)39(36,37)33-22(18-38-25(35)32-13-11-31(12-14-32)15-16-34)5-2-6-24(33)19-3-1-4-20(17-19)26(28,29)30/h1,3-4,7-10,17,22,24,34H,2,5-6,11-16,18H2/t22-,24+/m1/s1. The number of carbonyl (C=O) groups excluding carboxylic acids is 1. The lowest BCUT2D eigenvalue weighted by Crippen LogP contribution is -2.51. The Balaban J connectivity index is 1.59. The van der Waals surface area contributed by atoms with Crippen LogP contribution in [0.5, 0.6) is 0 Å². The zero-order valence-electron chi connectivity index (χ0n) is 21.2. The number of sulfonamides is 1. The van der Waals surface area contributed by atoms with E-state index in [1.807, 2.05) is 4.90 Å². The summed E-state index contributed by atoms with van der Waals surface area (Å²) in [5, 5.41) is 9.44. The number of piperidine rings is 1. The molecule has 1 N–H and O–H groups in total. The fourth-order valence-electron chi connectivity index (χ4n) is 5.09. The largest absolute Gasteiger partial charge is 0.448 e. The lowest BCUT2D eigenvalue weighted by Gasteiger charge is -2.41. The van der Waals surface area contributed by atoms with Gasteiger partial charge in [0.25, 0.3) is 0 Å². The van der Waals surface area contributed by atoms with E-state index < -0.39 is 39.9 Å². The van der Waals surface area contributed by atoms with Gasteiger partial charge in [0.15, 0.2) is 0 Å². The number of nitrogens with zero attached hydrogens (tertiary/aromatic N) is 3. The first kappa shape index (κ1) is 29.6. The van der Waals surface area contributed by atoms with Gasteiger partial charge in [-0.3, -0.25) is 4.90 Å². The maximum atomic E-state index is 13.9. The van der Waals surface area contributed by atoms with Crippen LogP contribution in [0, 0.1) is 0 Å². The summed E-state index contributed by atoms with van der Waals surface area (Å²) in [6.07, 6.45) is -3.94. The van der Waals surface area contributed by atoms with Gasteiger partial charge >= 0.3 is 12.3 Å². The molecule has 0 spiro atoms. The van der Waals surface area contributed by atoms with Crippen molar-refractivity contribution in [2.75, 3.05) is 45.9 Å². The van der Waals surface area contributed by atoms with E-state index in [4.69, 9.17) is 21.4 Å². The van der Waals surface area contributed by atoms with Crippen molar-refractivity contribution in [2.24, 2.45) is 0 Å². The second kappa shape index (κ2) is 12.4. The average Bonchev–Trinajstić information content (AvgIpc) is 2.92. The first-order chi connectivity index (χ1) is 18.5. The smallest absolute Gasteiger partial charge is 0.416 e. The monoisotopic (exact) mass is 589 g/mol. The summed E-state index contributed by atoms with van der Waals surface area (Å²) in [5.41, 5.74) is -0.642. The number of aliphatic hydroxyl groups is 1.